The van der Waals surface area contributed by atoms with E-state index in [1.165, 1.54) is 12.1 Å². The van der Waals surface area contributed by atoms with Crippen molar-refractivity contribution in [3.05, 3.63) is 64.6 Å². The second kappa shape index (κ2) is 8.91. The SMILES string of the molecule is [C-]#[N+]c1cc(C(C)Nc2ccccc2C(=O)O)c2nc(N3CCC(F)(F)CC3)c(C#N)nc2c1. The number of aromatic nitrogens is 2. The molecular weight excluding hydrogens is 442 g/mol. The summed E-state index contributed by atoms with van der Waals surface area (Å²) in [7, 11) is 0. The van der Waals surface area contributed by atoms with Crippen LogP contribution in [0.3, 0.4) is 0 Å². The third kappa shape index (κ3) is 4.44. The van der Waals surface area contributed by atoms with Crippen molar-refractivity contribution in [1.82, 2.24) is 9.97 Å². The quantitative estimate of drug-likeness (QED) is 0.505. The Bertz CT molecular complexity index is 1350. The van der Waals surface area contributed by atoms with E-state index >= 15 is 0 Å². The first kappa shape index (κ1) is 22.9. The summed E-state index contributed by atoms with van der Waals surface area (Å²) in [5.41, 5.74) is 2.08. The maximum absolute atomic E-state index is 13.7. The number of anilines is 2. The van der Waals surface area contributed by atoms with Gasteiger partial charge in [0.1, 0.15) is 6.07 Å². The minimum Gasteiger partial charge on any atom is -0.478 e. The van der Waals surface area contributed by atoms with Crippen LogP contribution in [0.2, 0.25) is 0 Å². The van der Waals surface area contributed by atoms with Gasteiger partial charge < -0.3 is 15.3 Å². The van der Waals surface area contributed by atoms with Gasteiger partial charge in [-0.15, -0.1) is 0 Å². The van der Waals surface area contributed by atoms with Crippen LogP contribution in [-0.2, 0) is 0 Å². The van der Waals surface area contributed by atoms with E-state index in [9.17, 15) is 23.9 Å². The Hall–Kier alpha value is -4.31. The number of carboxylic acids is 1. The number of rotatable bonds is 5. The first-order valence-corrected chi connectivity index (χ1v) is 10.6. The predicted octanol–water partition coefficient (Wildman–Crippen LogP) is 5.16. The lowest BCUT2D eigenvalue weighted by atomic mass is 10.0. The Balaban J connectivity index is 1.81. The van der Waals surface area contributed by atoms with Gasteiger partial charge in [0.25, 0.3) is 5.92 Å². The molecule has 2 N–H and O–H groups in total. The first-order valence-electron chi connectivity index (χ1n) is 10.6. The number of alkyl halides is 2. The zero-order valence-electron chi connectivity index (χ0n) is 18.2. The standard InChI is InChI=1S/C24H20F2N6O2/c1-14(29-18-6-4-3-5-16(18)23(33)34)17-11-15(28-2)12-19-21(17)31-22(20(13-27)30-19)32-9-7-24(25,26)8-10-32/h3-6,11-12,14,29H,7-10H2,1H3,(H,33,34). The lowest BCUT2D eigenvalue weighted by molar-refractivity contribution is -0.0221. The number of carbonyl (C=O) groups is 1. The molecule has 10 heteroatoms. The van der Waals surface area contributed by atoms with E-state index in [-0.39, 0.29) is 48.7 Å². The molecule has 1 aliphatic rings. The molecule has 0 amide bonds. The molecule has 1 unspecified atom stereocenters. The van der Waals surface area contributed by atoms with Gasteiger partial charge in [-0.3, -0.25) is 0 Å². The summed E-state index contributed by atoms with van der Waals surface area (Å²) >= 11 is 0. The van der Waals surface area contributed by atoms with Crippen molar-refractivity contribution in [2.45, 2.75) is 31.7 Å². The summed E-state index contributed by atoms with van der Waals surface area (Å²) in [5, 5.41) is 22.3. The minimum atomic E-state index is -2.75. The second-order valence-corrected chi connectivity index (χ2v) is 8.08. The van der Waals surface area contributed by atoms with E-state index in [4.69, 9.17) is 6.57 Å². The van der Waals surface area contributed by atoms with Gasteiger partial charge in [0.2, 0.25) is 0 Å². The van der Waals surface area contributed by atoms with Crippen molar-refractivity contribution >= 4 is 34.2 Å². The number of hydrogen-bond acceptors (Lipinski definition) is 6. The summed E-state index contributed by atoms with van der Waals surface area (Å²) in [5.74, 6) is -3.61. The number of para-hydroxylation sites is 1. The van der Waals surface area contributed by atoms with Crippen molar-refractivity contribution in [3.63, 3.8) is 0 Å². The number of nitrogens with one attached hydrogen (secondary N) is 1. The average molecular weight is 462 g/mol. The number of piperidine rings is 1. The number of benzene rings is 2. The highest BCUT2D eigenvalue weighted by Gasteiger charge is 2.35. The summed E-state index contributed by atoms with van der Waals surface area (Å²) in [6.07, 6.45) is -0.684. The highest BCUT2D eigenvalue weighted by molar-refractivity contribution is 5.94. The zero-order valence-corrected chi connectivity index (χ0v) is 18.2. The van der Waals surface area contributed by atoms with Crippen LogP contribution in [0.25, 0.3) is 15.9 Å². The third-order valence-corrected chi connectivity index (χ3v) is 5.79. The Labute approximate surface area is 194 Å². The number of fused-ring (bicyclic) bond motifs is 1. The number of aromatic carboxylic acids is 1. The Morgan fingerprint density at radius 2 is 2.00 bits per heavy atom. The fourth-order valence-electron chi connectivity index (χ4n) is 4.00. The van der Waals surface area contributed by atoms with E-state index < -0.39 is 17.9 Å². The van der Waals surface area contributed by atoms with Gasteiger partial charge in [-0.05, 0) is 36.8 Å². The molecule has 172 valence electrons. The molecule has 1 atom stereocenters. The smallest absolute Gasteiger partial charge is 0.337 e. The van der Waals surface area contributed by atoms with Crippen LogP contribution in [0.5, 0.6) is 0 Å². The molecule has 0 saturated carbocycles. The van der Waals surface area contributed by atoms with Crippen molar-refractivity contribution in [2.75, 3.05) is 23.3 Å². The molecule has 1 saturated heterocycles. The normalized spacial score (nSPS) is 15.9. The summed E-state index contributed by atoms with van der Waals surface area (Å²) < 4.78 is 27.3. The topological polar surface area (TPSA) is 106 Å². The van der Waals surface area contributed by atoms with Gasteiger partial charge in [-0.2, -0.15) is 5.26 Å². The molecule has 8 nitrogen and oxygen atoms in total. The Morgan fingerprint density at radius 3 is 2.65 bits per heavy atom. The van der Waals surface area contributed by atoms with Crippen molar-refractivity contribution in [2.24, 2.45) is 0 Å². The van der Waals surface area contributed by atoms with Gasteiger partial charge in [0, 0.05) is 37.7 Å². The van der Waals surface area contributed by atoms with E-state index in [1.54, 1.807) is 36.1 Å². The van der Waals surface area contributed by atoms with Crippen LogP contribution in [0.15, 0.2) is 36.4 Å². The Morgan fingerprint density at radius 1 is 1.29 bits per heavy atom. The van der Waals surface area contributed by atoms with Crippen LogP contribution in [0.4, 0.5) is 26.0 Å². The molecule has 0 aliphatic carbocycles. The fourth-order valence-corrected chi connectivity index (χ4v) is 4.00. The van der Waals surface area contributed by atoms with Crippen LogP contribution in [0.1, 0.15) is 47.4 Å². The largest absolute Gasteiger partial charge is 0.478 e. The number of nitrogens with zero attached hydrogens (tertiary/aromatic N) is 5. The summed E-state index contributed by atoms with van der Waals surface area (Å²) in [6.45, 7) is 9.31. The zero-order chi connectivity index (χ0) is 24.5. The second-order valence-electron chi connectivity index (χ2n) is 8.08. The molecule has 2 heterocycles. The molecule has 1 fully saturated rings. The molecule has 0 radical (unpaired) electrons. The van der Waals surface area contributed by atoms with Gasteiger partial charge >= 0.3 is 5.97 Å². The van der Waals surface area contributed by atoms with Gasteiger partial charge in [0.05, 0.1) is 23.2 Å². The fraction of sp³-hybridized carbons (Fsp3) is 0.292. The average Bonchev–Trinajstić information content (AvgIpc) is 2.82. The molecule has 2 aromatic carbocycles. The summed E-state index contributed by atoms with van der Waals surface area (Å²) in [6, 6.07) is 11.1. The van der Waals surface area contributed by atoms with Crippen molar-refractivity contribution in [3.8, 4) is 6.07 Å². The lowest BCUT2D eigenvalue weighted by Gasteiger charge is -2.33. The molecule has 1 aromatic heterocycles. The molecule has 3 aromatic rings. The number of halogens is 2. The maximum Gasteiger partial charge on any atom is 0.337 e. The van der Waals surface area contributed by atoms with E-state index in [2.05, 4.69) is 20.1 Å². The number of hydrogen-bond donors (Lipinski definition) is 2. The highest BCUT2D eigenvalue weighted by Crippen LogP contribution is 2.35. The molecule has 1 aliphatic heterocycles. The first-order chi connectivity index (χ1) is 16.2. The number of nitriles is 1. The molecule has 0 spiro atoms. The highest BCUT2D eigenvalue weighted by atomic mass is 19.3. The maximum atomic E-state index is 13.7. The molecule has 0 bridgehead atoms. The van der Waals surface area contributed by atoms with E-state index in [1.807, 2.05) is 6.07 Å². The molecule has 34 heavy (non-hydrogen) atoms. The molecule has 4 rings (SSSR count). The van der Waals surface area contributed by atoms with Gasteiger partial charge in [-0.1, -0.05) is 12.1 Å². The Kier molecular flexibility index (Phi) is 5.99. The number of carboxylic acid groups (broad SMARTS) is 1. The lowest BCUT2D eigenvalue weighted by Crippen LogP contribution is -2.40. The van der Waals surface area contributed by atoms with Gasteiger partial charge in [-0.25, -0.2) is 28.4 Å². The van der Waals surface area contributed by atoms with Crippen molar-refractivity contribution < 1.29 is 18.7 Å². The van der Waals surface area contributed by atoms with Crippen LogP contribution in [0, 0.1) is 17.9 Å². The van der Waals surface area contributed by atoms with Crippen LogP contribution < -0.4 is 10.2 Å². The van der Waals surface area contributed by atoms with Crippen LogP contribution in [-0.4, -0.2) is 40.1 Å². The van der Waals surface area contributed by atoms with Gasteiger partial charge in [0.15, 0.2) is 17.2 Å². The molecular formula is C24H20F2N6O2. The predicted molar refractivity (Wildman–Crippen MR) is 122 cm³/mol. The van der Waals surface area contributed by atoms with Crippen molar-refractivity contribution in [1.29, 1.82) is 5.26 Å². The monoisotopic (exact) mass is 462 g/mol. The third-order valence-electron chi connectivity index (χ3n) is 5.79. The van der Waals surface area contributed by atoms with Crippen LogP contribution >= 0.6 is 0 Å². The summed E-state index contributed by atoms with van der Waals surface area (Å²) in [4.78, 5) is 25.8. The minimum absolute atomic E-state index is 0.00244. The van der Waals surface area contributed by atoms with E-state index in [0.717, 1.165) is 0 Å². The van der Waals surface area contributed by atoms with E-state index in [0.29, 0.717) is 22.3 Å².